The Balaban J connectivity index is 1.86. The lowest BCUT2D eigenvalue weighted by Crippen LogP contribution is -2.36. The van der Waals surface area contributed by atoms with Crippen molar-refractivity contribution in [3.63, 3.8) is 0 Å². The molecule has 1 N–H and O–H groups in total. The Morgan fingerprint density at radius 3 is 2.61 bits per heavy atom. The lowest BCUT2D eigenvalue weighted by molar-refractivity contribution is 0.0722. The van der Waals surface area contributed by atoms with Crippen LogP contribution in [0.3, 0.4) is 0 Å². The Morgan fingerprint density at radius 2 is 2.00 bits per heavy atom. The average Bonchev–Trinajstić information content (AvgIpc) is 3.24. The molecule has 0 radical (unpaired) electrons. The summed E-state index contributed by atoms with van der Waals surface area (Å²) in [6, 6.07) is 12.7. The Kier molecular flexibility index (Phi) is 6.11. The number of benzene rings is 1. The van der Waals surface area contributed by atoms with Crippen molar-refractivity contribution in [3.8, 4) is 22.5 Å². The minimum Gasteiger partial charge on any atom is -0.393 e. The van der Waals surface area contributed by atoms with Gasteiger partial charge in [-0.05, 0) is 56.3 Å². The Hall–Kier alpha value is -3.09. The molecule has 0 bridgehead atoms. The molecule has 7 heteroatoms. The maximum atomic E-state index is 13.5. The van der Waals surface area contributed by atoms with Crippen LogP contribution in [0.15, 0.2) is 59.9 Å². The summed E-state index contributed by atoms with van der Waals surface area (Å²) < 4.78 is 0. The second kappa shape index (κ2) is 8.96. The third kappa shape index (κ3) is 4.36. The fourth-order valence-corrected chi connectivity index (χ4v) is 4.10. The number of nitrogens with zero attached hydrogens (tertiary/aromatic N) is 4. The summed E-state index contributed by atoms with van der Waals surface area (Å²) >= 11 is 6.05. The Morgan fingerprint density at radius 1 is 1.23 bits per heavy atom. The van der Waals surface area contributed by atoms with E-state index in [4.69, 9.17) is 16.6 Å². The summed E-state index contributed by atoms with van der Waals surface area (Å²) in [5.41, 5.74) is 3.58. The number of carbonyl (C=O) groups is 1. The molecule has 1 saturated carbocycles. The molecule has 1 aliphatic carbocycles. The maximum Gasteiger partial charge on any atom is 0.256 e. The highest BCUT2D eigenvalue weighted by molar-refractivity contribution is 6.30. The highest BCUT2D eigenvalue weighted by Crippen LogP contribution is 2.36. The first kappa shape index (κ1) is 21.2. The minimum absolute atomic E-state index is 0.0193. The molecule has 4 rings (SSSR count). The van der Waals surface area contributed by atoms with Crippen molar-refractivity contribution in [3.05, 3.63) is 65.4 Å². The average molecular weight is 435 g/mol. The number of aliphatic hydroxyl groups excluding tert-OH is 1. The number of carbonyl (C=O) groups excluding carboxylic acids is 1. The number of halogens is 1. The van der Waals surface area contributed by atoms with E-state index in [1.54, 1.807) is 42.5 Å². The van der Waals surface area contributed by atoms with Gasteiger partial charge in [0.1, 0.15) is 5.69 Å². The molecule has 0 aliphatic heterocycles. The van der Waals surface area contributed by atoms with E-state index in [1.165, 1.54) is 0 Å². The van der Waals surface area contributed by atoms with Crippen LogP contribution in [0.25, 0.3) is 22.5 Å². The van der Waals surface area contributed by atoms with Gasteiger partial charge in [0, 0.05) is 41.6 Å². The van der Waals surface area contributed by atoms with Gasteiger partial charge in [0.05, 0.1) is 23.1 Å². The van der Waals surface area contributed by atoms with Gasteiger partial charge in [-0.1, -0.05) is 23.7 Å². The van der Waals surface area contributed by atoms with Crippen LogP contribution in [-0.2, 0) is 0 Å². The van der Waals surface area contributed by atoms with Crippen LogP contribution in [0.2, 0.25) is 5.02 Å². The van der Waals surface area contributed by atoms with Gasteiger partial charge >= 0.3 is 0 Å². The van der Waals surface area contributed by atoms with E-state index in [2.05, 4.69) is 16.7 Å². The normalized spacial score (nSPS) is 18.0. The van der Waals surface area contributed by atoms with Crippen molar-refractivity contribution < 1.29 is 9.90 Å². The molecule has 1 aromatic carbocycles. The zero-order chi connectivity index (χ0) is 22.0. The van der Waals surface area contributed by atoms with E-state index in [9.17, 15) is 9.90 Å². The molecule has 0 saturated heterocycles. The van der Waals surface area contributed by atoms with Crippen molar-refractivity contribution in [1.82, 2.24) is 14.9 Å². The Labute approximate surface area is 186 Å². The molecule has 0 unspecified atom stereocenters. The summed E-state index contributed by atoms with van der Waals surface area (Å²) in [6.07, 6.45) is 5.04. The number of pyridine rings is 2. The number of hydrogen-bond acceptors (Lipinski definition) is 5. The van der Waals surface area contributed by atoms with Crippen molar-refractivity contribution >= 4 is 29.9 Å². The van der Waals surface area contributed by atoms with Gasteiger partial charge < -0.3 is 10.0 Å². The standard InChI is InChI=1S/C24H23ClN4O2/c1-26-23-20(24(31)29(2)18-9-10-19(30)12-18)13-21(15-5-7-17(25)8-6-15)28-22(23)16-4-3-11-27-14-16/h3-8,11,13-14,18-19,30H,1,9-10,12H2,2H3/t18-,19+/m1/s1. The maximum absolute atomic E-state index is 13.5. The first-order chi connectivity index (χ1) is 15.0. The third-order valence-electron chi connectivity index (χ3n) is 5.70. The van der Waals surface area contributed by atoms with Gasteiger partial charge in [-0.25, -0.2) is 4.98 Å². The van der Waals surface area contributed by atoms with Gasteiger partial charge in [0.25, 0.3) is 5.91 Å². The molecule has 2 heterocycles. The molecule has 3 aromatic rings. The lowest BCUT2D eigenvalue weighted by Gasteiger charge is -2.25. The fourth-order valence-electron chi connectivity index (χ4n) is 3.98. The van der Waals surface area contributed by atoms with Gasteiger partial charge in [-0.2, -0.15) is 0 Å². The molecular formula is C24H23ClN4O2. The van der Waals surface area contributed by atoms with Gasteiger partial charge in [-0.3, -0.25) is 14.8 Å². The first-order valence-electron chi connectivity index (χ1n) is 10.1. The van der Waals surface area contributed by atoms with E-state index in [-0.39, 0.29) is 18.1 Å². The van der Waals surface area contributed by atoms with Crippen LogP contribution in [0.5, 0.6) is 0 Å². The van der Waals surface area contributed by atoms with E-state index in [0.717, 1.165) is 17.5 Å². The van der Waals surface area contributed by atoms with Crippen molar-refractivity contribution in [1.29, 1.82) is 0 Å². The molecule has 6 nitrogen and oxygen atoms in total. The largest absolute Gasteiger partial charge is 0.393 e. The number of aromatic nitrogens is 2. The Bertz CT molecular complexity index is 1100. The molecule has 1 fully saturated rings. The number of hydrogen-bond donors (Lipinski definition) is 1. The van der Waals surface area contributed by atoms with Gasteiger partial charge in [0.15, 0.2) is 0 Å². The summed E-state index contributed by atoms with van der Waals surface area (Å²) in [7, 11) is 1.77. The zero-order valence-electron chi connectivity index (χ0n) is 17.2. The molecule has 2 aromatic heterocycles. The van der Waals surface area contributed by atoms with Crippen molar-refractivity contribution in [2.24, 2.45) is 4.99 Å². The summed E-state index contributed by atoms with van der Waals surface area (Å²) in [4.78, 5) is 28.4. The van der Waals surface area contributed by atoms with Gasteiger partial charge in [-0.15, -0.1) is 0 Å². The number of aliphatic imine (C=N–C) groups is 1. The summed E-state index contributed by atoms with van der Waals surface area (Å²) in [5, 5.41) is 10.5. The predicted octanol–water partition coefficient (Wildman–Crippen LogP) is 4.78. The van der Waals surface area contributed by atoms with Crippen molar-refractivity contribution in [2.45, 2.75) is 31.4 Å². The monoisotopic (exact) mass is 434 g/mol. The quantitative estimate of drug-likeness (QED) is 0.586. The van der Waals surface area contributed by atoms with E-state index in [1.807, 2.05) is 24.3 Å². The zero-order valence-corrected chi connectivity index (χ0v) is 18.0. The van der Waals surface area contributed by atoms with Crippen LogP contribution in [0, 0.1) is 0 Å². The fraction of sp³-hybridized carbons (Fsp3) is 0.250. The number of rotatable bonds is 5. The molecule has 31 heavy (non-hydrogen) atoms. The topological polar surface area (TPSA) is 78.7 Å². The molecule has 2 atom stereocenters. The minimum atomic E-state index is -0.370. The van der Waals surface area contributed by atoms with Crippen LogP contribution in [-0.4, -0.2) is 51.8 Å². The van der Waals surface area contributed by atoms with E-state index in [0.29, 0.717) is 40.5 Å². The molecule has 1 aliphatic rings. The van der Waals surface area contributed by atoms with Crippen LogP contribution < -0.4 is 0 Å². The van der Waals surface area contributed by atoms with E-state index < -0.39 is 0 Å². The molecular weight excluding hydrogens is 412 g/mol. The third-order valence-corrected chi connectivity index (χ3v) is 5.95. The highest BCUT2D eigenvalue weighted by atomic mass is 35.5. The SMILES string of the molecule is C=Nc1c(C(=O)N(C)[C@@H]2CC[C@H](O)C2)cc(-c2ccc(Cl)cc2)nc1-c1cccnc1. The molecule has 158 valence electrons. The molecule has 0 spiro atoms. The first-order valence-corrected chi connectivity index (χ1v) is 10.5. The summed E-state index contributed by atoms with van der Waals surface area (Å²) in [6.45, 7) is 3.70. The highest BCUT2D eigenvalue weighted by Gasteiger charge is 2.31. The molecule has 1 amide bonds. The van der Waals surface area contributed by atoms with Crippen LogP contribution in [0.1, 0.15) is 29.6 Å². The van der Waals surface area contributed by atoms with E-state index >= 15 is 0 Å². The van der Waals surface area contributed by atoms with Crippen LogP contribution >= 0.6 is 11.6 Å². The lowest BCUT2D eigenvalue weighted by atomic mass is 10.0. The summed E-state index contributed by atoms with van der Waals surface area (Å²) in [5.74, 6) is -0.177. The smallest absolute Gasteiger partial charge is 0.256 e. The number of aliphatic hydroxyl groups is 1. The van der Waals surface area contributed by atoms with Crippen LogP contribution in [0.4, 0.5) is 5.69 Å². The predicted molar refractivity (Wildman–Crippen MR) is 123 cm³/mol. The second-order valence-electron chi connectivity index (χ2n) is 7.70. The van der Waals surface area contributed by atoms with Gasteiger partial charge in [0.2, 0.25) is 0 Å². The second-order valence-corrected chi connectivity index (χ2v) is 8.13. The number of amides is 1. The van der Waals surface area contributed by atoms with Crippen molar-refractivity contribution in [2.75, 3.05) is 7.05 Å².